The molecule has 22 heavy (non-hydrogen) atoms. The van der Waals surface area contributed by atoms with Gasteiger partial charge in [0.15, 0.2) is 0 Å². The van der Waals surface area contributed by atoms with Crippen LogP contribution in [0.1, 0.15) is 31.2 Å². The average molecular weight is 298 g/mol. The molecule has 2 bridgehead atoms. The second kappa shape index (κ2) is 5.69. The molecule has 1 aromatic carbocycles. The van der Waals surface area contributed by atoms with Crippen molar-refractivity contribution in [3.8, 4) is 0 Å². The fraction of sp³-hybridized carbons (Fsp3) is 0.632. The lowest BCUT2D eigenvalue weighted by Gasteiger charge is -2.24. The third-order valence-corrected chi connectivity index (χ3v) is 6.18. The molecule has 1 amide bonds. The van der Waals surface area contributed by atoms with Crippen molar-refractivity contribution in [3.63, 3.8) is 0 Å². The van der Waals surface area contributed by atoms with Gasteiger partial charge in [0.2, 0.25) is 5.91 Å². The van der Waals surface area contributed by atoms with E-state index in [2.05, 4.69) is 17.0 Å². The number of nitrogens with two attached hydrogens (primary N) is 1. The van der Waals surface area contributed by atoms with Crippen molar-refractivity contribution in [2.75, 3.05) is 13.1 Å². The first-order chi connectivity index (χ1) is 10.8. The molecule has 0 radical (unpaired) electrons. The Kier molecular flexibility index (Phi) is 3.69. The number of rotatable bonds is 6. The molecular weight excluding hydrogens is 272 g/mol. The monoisotopic (exact) mass is 298 g/mol. The molecule has 3 aliphatic rings. The van der Waals surface area contributed by atoms with Gasteiger partial charge in [-0.3, -0.25) is 4.79 Å². The van der Waals surface area contributed by atoms with E-state index in [1.54, 1.807) is 0 Å². The maximum Gasteiger partial charge on any atom is 0.226 e. The minimum Gasteiger partial charge on any atom is -0.338 e. The lowest BCUT2D eigenvalue weighted by molar-refractivity contribution is -0.134. The Labute approximate surface area is 132 Å². The van der Waals surface area contributed by atoms with Gasteiger partial charge in [0.25, 0.3) is 0 Å². The molecule has 0 saturated heterocycles. The van der Waals surface area contributed by atoms with Gasteiger partial charge < -0.3 is 10.6 Å². The highest BCUT2D eigenvalue weighted by Gasteiger charge is 2.67. The van der Waals surface area contributed by atoms with Crippen LogP contribution in [-0.2, 0) is 11.3 Å². The summed E-state index contributed by atoms with van der Waals surface area (Å²) in [5.74, 6) is 3.91. The summed E-state index contributed by atoms with van der Waals surface area (Å²) in [6.07, 6.45) is 5.04. The molecule has 1 aromatic rings. The predicted molar refractivity (Wildman–Crippen MR) is 86.8 cm³/mol. The molecule has 0 spiro atoms. The summed E-state index contributed by atoms with van der Waals surface area (Å²) in [5.41, 5.74) is 6.89. The first-order valence-corrected chi connectivity index (χ1v) is 8.82. The van der Waals surface area contributed by atoms with Crippen LogP contribution in [0.5, 0.6) is 0 Å². The van der Waals surface area contributed by atoms with E-state index in [0.29, 0.717) is 18.4 Å². The van der Waals surface area contributed by atoms with Gasteiger partial charge in [0, 0.05) is 19.0 Å². The maximum atomic E-state index is 13.0. The quantitative estimate of drug-likeness (QED) is 0.877. The molecule has 0 heterocycles. The van der Waals surface area contributed by atoms with E-state index in [1.807, 2.05) is 18.2 Å². The Morgan fingerprint density at radius 1 is 1.14 bits per heavy atom. The summed E-state index contributed by atoms with van der Waals surface area (Å²) in [6, 6.07) is 10.3. The van der Waals surface area contributed by atoms with Crippen molar-refractivity contribution in [2.24, 2.45) is 35.3 Å². The van der Waals surface area contributed by atoms with Crippen molar-refractivity contribution in [1.82, 2.24) is 4.90 Å². The maximum absolute atomic E-state index is 13.0. The van der Waals surface area contributed by atoms with Crippen LogP contribution >= 0.6 is 0 Å². The topological polar surface area (TPSA) is 46.3 Å². The van der Waals surface area contributed by atoms with Crippen LogP contribution < -0.4 is 5.73 Å². The summed E-state index contributed by atoms with van der Waals surface area (Å²) in [5, 5.41) is 0. The smallest absolute Gasteiger partial charge is 0.226 e. The van der Waals surface area contributed by atoms with E-state index >= 15 is 0 Å². The lowest BCUT2D eigenvalue weighted by atomic mass is 10.0. The van der Waals surface area contributed by atoms with E-state index in [0.717, 1.165) is 43.2 Å². The average Bonchev–Trinajstić information content (AvgIpc) is 2.98. The summed E-state index contributed by atoms with van der Waals surface area (Å²) >= 11 is 0. The van der Waals surface area contributed by atoms with Crippen LogP contribution in [0, 0.1) is 29.6 Å². The minimum absolute atomic E-state index is 0.340. The highest BCUT2D eigenvalue weighted by molar-refractivity contribution is 5.83. The van der Waals surface area contributed by atoms with Crippen LogP contribution in [0.4, 0.5) is 0 Å². The Morgan fingerprint density at radius 3 is 2.45 bits per heavy atom. The molecule has 0 aromatic heterocycles. The van der Waals surface area contributed by atoms with Crippen LogP contribution in [-0.4, -0.2) is 23.9 Å². The van der Waals surface area contributed by atoms with E-state index < -0.39 is 0 Å². The number of hydrogen-bond donors (Lipinski definition) is 1. The van der Waals surface area contributed by atoms with Gasteiger partial charge in [-0.2, -0.15) is 0 Å². The normalized spacial score (nSPS) is 34.5. The number of fused-ring (bicyclic) bond motifs is 5. The lowest BCUT2D eigenvalue weighted by Crippen LogP contribution is -2.35. The SMILES string of the molecule is NCCCN(Cc1ccccc1)C(=O)C1C2C3CCC(C3)C12. The van der Waals surface area contributed by atoms with Gasteiger partial charge in [-0.05, 0) is 61.5 Å². The van der Waals surface area contributed by atoms with Crippen molar-refractivity contribution in [1.29, 1.82) is 0 Å². The molecule has 4 rings (SSSR count). The molecule has 3 saturated carbocycles. The number of benzene rings is 1. The highest BCUT2D eigenvalue weighted by atomic mass is 16.2. The molecule has 3 fully saturated rings. The summed E-state index contributed by atoms with van der Waals surface area (Å²) < 4.78 is 0. The zero-order valence-electron chi connectivity index (χ0n) is 13.2. The van der Waals surface area contributed by atoms with Crippen LogP contribution in [0.15, 0.2) is 30.3 Å². The molecule has 2 N–H and O–H groups in total. The molecular formula is C19H26N2O. The van der Waals surface area contributed by atoms with Crippen molar-refractivity contribution in [3.05, 3.63) is 35.9 Å². The van der Waals surface area contributed by atoms with Crippen LogP contribution in [0.3, 0.4) is 0 Å². The first kappa shape index (κ1) is 14.3. The van der Waals surface area contributed by atoms with E-state index in [4.69, 9.17) is 5.73 Å². The van der Waals surface area contributed by atoms with Gasteiger partial charge in [0.05, 0.1) is 0 Å². The molecule has 3 nitrogen and oxygen atoms in total. The zero-order valence-corrected chi connectivity index (χ0v) is 13.2. The number of carbonyl (C=O) groups excluding carboxylic acids is 1. The van der Waals surface area contributed by atoms with Gasteiger partial charge in [0.1, 0.15) is 0 Å². The van der Waals surface area contributed by atoms with Crippen molar-refractivity contribution < 1.29 is 4.79 Å². The Bertz CT molecular complexity index is 528. The predicted octanol–water partition coefficient (Wildman–Crippen LogP) is 2.66. The number of carbonyl (C=O) groups is 1. The molecule has 3 aliphatic carbocycles. The molecule has 118 valence electrons. The Hall–Kier alpha value is -1.35. The fourth-order valence-corrected chi connectivity index (χ4v) is 5.22. The third kappa shape index (κ3) is 2.36. The number of nitrogens with zero attached hydrogens (tertiary/aromatic N) is 1. The van der Waals surface area contributed by atoms with Crippen LogP contribution in [0.2, 0.25) is 0 Å². The van der Waals surface area contributed by atoms with Gasteiger partial charge in [-0.15, -0.1) is 0 Å². The van der Waals surface area contributed by atoms with Gasteiger partial charge in [-0.1, -0.05) is 30.3 Å². The minimum atomic E-state index is 0.340. The Morgan fingerprint density at radius 2 is 1.82 bits per heavy atom. The first-order valence-electron chi connectivity index (χ1n) is 8.82. The standard InChI is InChI=1S/C19H26N2O/c20-9-4-10-21(12-13-5-2-1-3-6-13)19(22)18-16-14-7-8-15(11-14)17(16)18/h1-3,5-6,14-18H,4,7-12,20H2. The zero-order chi connectivity index (χ0) is 15.1. The second-order valence-corrected chi connectivity index (χ2v) is 7.40. The van der Waals surface area contributed by atoms with E-state index in [9.17, 15) is 4.79 Å². The summed E-state index contributed by atoms with van der Waals surface area (Å²) in [7, 11) is 0. The van der Waals surface area contributed by atoms with Crippen LogP contribution in [0.25, 0.3) is 0 Å². The molecule has 4 atom stereocenters. The highest BCUT2D eigenvalue weighted by Crippen LogP contribution is 2.69. The van der Waals surface area contributed by atoms with Crippen molar-refractivity contribution >= 4 is 5.91 Å². The Balaban J connectivity index is 1.45. The molecule has 3 heteroatoms. The molecule has 0 aliphatic heterocycles. The van der Waals surface area contributed by atoms with E-state index in [-0.39, 0.29) is 0 Å². The molecule has 4 unspecified atom stereocenters. The van der Waals surface area contributed by atoms with E-state index in [1.165, 1.54) is 24.8 Å². The van der Waals surface area contributed by atoms with Gasteiger partial charge >= 0.3 is 0 Å². The largest absolute Gasteiger partial charge is 0.338 e. The van der Waals surface area contributed by atoms with Gasteiger partial charge in [-0.25, -0.2) is 0 Å². The number of amides is 1. The van der Waals surface area contributed by atoms with Crippen molar-refractivity contribution in [2.45, 2.75) is 32.2 Å². The third-order valence-electron chi connectivity index (χ3n) is 6.18. The summed E-state index contributed by atoms with van der Waals surface area (Å²) in [6.45, 7) is 2.20. The number of hydrogen-bond acceptors (Lipinski definition) is 2. The summed E-state index contributed by atoms with van der Waals surface area (Å²) in [4.78, 5) is 15.1. The fourth-order valence-electron chi connectivity index (χ4n) is 5.22. The second-order valence-electron chi connectivity index (χ2n) is 7.40.